The van der Waals surface area contributed by atoms with E-state index in [0.717, 1.165) is 6.42 Å². The number of nitrogens with one attached hydrogen (secondary N) is 1. The van der Waals surface area contributed by atoms with Crippen LogP contribution >= 0.6 is 0 Å². The maximum Gasteiger partial charge on any atom is 0.220 e. The predicted molar refractivity (Wildman–Crippen MR) is 77.0 cm³/mol. The molecule has 2 atom stereocenters. The van der Waals surface area contributed by atoms with Crippen molar-refractivity contribution in [2.24, 2.45) is 5.41 Å². The largest absolute Gasteiger partial charge is 0.356 e. The van der Waals surface area contributed by atoms with Crippen molar-refractivity contribution in [2.45, 2.75) is 64.0 Å². The number of carbonyl (C=O) groups is 1. The van der Waals surface area contributed by atoms with Gasteiger partial charge in [0.15, 0.2) is 0 Å². The van der Waals surface area contributed by atoms with Crippen LogP contribution in [0.15, 0.2) is 0 Å². The Morgan fingerprint density at radius 1 is 1.33 bits per heavy atom. The number of carbonyl (C=O) groups excluding carboxylic acids is 1. The minimum Gasteiger partial charge on any atom is -0.356 e. The molecule has 0 bridgehead atoms. The lowest BCUT2D eigenvalue weighted by Crippen LogP contribution is -2.33. The van der Waals surface area contributed by atoms with Crippen LogP contribution in [0.5, 0.6) is 0 Å². The third-order valence-electron chi connectivity index (χ3n) is 4.09. The van der Waals surface area contributed by atoms with Crippen LogP contribution in [0, 0.1) is 5.41 Å². The average Bonchev–Trinajstić information content (AvgIpc) is 2.28. The van der Waals surface area contributed by atoms with Gasteiger partial charge in [0.05, 0.1) is 0 Å². The van der Waals surface area contributed by atoms with E-state index in [0.29, 0.717) is 13.0 Å². The molecule has 0 aromatic carbocycles. The third kappa shape index (κ3) is 5.51. The zero-order valence-electron chi connectivity index (χ0n) is 12.0. The first kappa shape index (κ1) is 15.7. The summed E-state index contributed by atoms with van der Waals surface area (Å²) < 4.78 is 11.2. The van der Waals surface area contributed by atoms with Crippen LogP contribution in [0.3, 0.4) is 0 Å². The summed E-state index contributed by atoms with van der Waals surface area (Å²) in [6.07, 6.45) is 9.35. The summed E-state index contributed by atoms with van der Waals surface area (Å²) in [5.74, 6) is 0.161. The number of amides is 1. The fourth-order valence-electron chi connectivity index (χ4n) is 2.61. The van der Waals surface area contributed by atoms with E-state index in [9.17, 15) is 9.00 Å². The molecule has 1 aliphatic rings. The Bertz CT molecular complexity index is 298. The van der Waals surface area contributed by atoms with Gasteiger partial charge in [-0.1, -0.05) is 33.1 Å². The first-order chi connectivity index (χ1) is 8.43. The molecule has 0 aromatic rings. The van der Waals surface area contributed by atoms with Crippen LogP contribution < -0.4 is 5.32 Å². The quantitative estimate of drug-likeness (QED) is 0.808. The molecular formula is C14H27NO2S. The van der Waals surface area contributed by atoms with Crippen molar-refractivity contribution in [1.82, 2.24) is 5.32 Å². The van der Waals surface area contributed by atoms with E-state index in [1.54, 1.807) is 6.26 Å². The van der Waals surface area contributed by atoms with E-state index in [2.05, 4.69) is 12.2 Å². The summed E-state index contributed by atoms with van der Waals surface area (Å²) in [7, 11) is -0.791. The standard InChI is InChI=1S/C14H27NO2S/c1-12(18(3)17)7-10-15-13(16)11-14(2)8-5-4-6-9-14/h12H,4-11H2,1-3H3,(H,15,16). The van der Waals surface area contributed by atoms with Crippen molar-refractivity contribution in [3.8, 4) is 0 Å². The summed E-state index contributed by atoms with van der Waals surface area (Å²) in [5.41, 5.74) is 0.210. The third-order valence-corrected chi connectivity index (χ3v) is 5.46. The summed E-state index contributed by atoms with van der Waals surface area (Å²) in [4.78, 5) is 11.9. The Morgan fingerprint density at radius 3 is 2.50 bits per heavy atom. The molecule has 0 saturated heterocycles. The molecule has 0 heterocycles. The zero-order chi connectivity index (χ0) is 13.6. The van der Waals surface area contributed by atoms with Crippen molar-refractivity contribution in [3.63, 3.8) is 0 Å². The second-order valence-electron chi connectivity index (χ2n) is 6.00. The molecule has 1 aliphatic carbocycles. The van der Waals surface area contributed by atoms with Gasteiger partial charge >= 0.3 is 0 Å². The minimum absolute atomic E-state index is 0.161. The summed E-state index contributed by atoms with van der Waals surface area (Å²) in [6, 6.07) is 0. The highest BCUT2D eigenvalue weighted by Crippen LogP contribution is 2.38. The molecule has 4 heteroatoms. The summed E-state index contributed by atoms with van der Waals surface area (Å²) >= 11 is 0. The summed E-state index contributed by atoms with van der Waals surface area (Å²) in [6.45, 7) is 4.84. The van der Waals surface area contributed by atoms with Crippen LogP contribution in [0.25, 0.3) is 0 Å². The van der Waals surface area contributed by atoms with Gasteiger partial charge in [-0.15, -0.1) is 0 Å². The van der Waals surface area contributed by atoms with Gasteiger partial charge in [-0.2, -0.15) is 0 Å². The van der Waals surface area contributed by atoms with Gasteiger partial charge in [-0.3, -0.25) is 9.00 Å². The van der Waals surface area contributed by atoms with Gasteiger partial charge in [0.2, 0.25) is 5.91 Å². The molecule has 18 heavy (non-hydrogen) atoms. The molecule has 1 saturated carbocycles. The Hall–Kier alpha value is -0.380. The minimum atomic E-state index is -0.791. The molecular weight excluding hydrogens is 246 g/mol. The van der Waals surface area contributed by atoms with Gasteiger partial charge in [0.25, 0.3) is 0 Å². The molecule has 0 spiro atoms. The highest BCUT2D eigenvalue weighted by molar-refractivity contribution is 7.84. The predicted octanol–water partition coefficient (Wildman–Crippen LogP) is 2.62. The van der Waals surface area contributed by atoms with E-state index in [-0.39, 0.29) is 16.6 Å². The molecule has 106 valence electrons. The topological polar surface area (TPSA) is 46.2 Å². The molecule has 1 amide bonds. The molecule has 3 nitrogen and oxygen atoms in total. The summed E-state index contributed by atoms with van der Waals surface area (Å²) in [5, 5.41) is 3.13. The van der Waals surface area contributed by atoms with Crippen molar-refractivity contribution in [1.29, 1.82) is 0 Å². The van der Waals surface area contributed by atoms with Crippen molar-refractivity contribution >= 4 is 16.7 Å². The Kier molecular flexibility index (Phi) is 6.33. The fraction of sp³-hybridized carbons (Fsp3) is 0.929. The van der Waals surface area contributed by atoms with E-state index >= 15 is 0 Å². The molecule has 1 N–H and O–H groups in total. The van der Waals surface area contributed by atoms with Crippen molar-refractivity contribution in [2.75, 3.05) is 12.8 Å². The molecule has 0 radical (unpaired) electrons. The van der Waals surface area contributed by atoms with Gasteiger partial charge < -0.3 is 5.32 Å². The van der Waals surface area contributed by atoms with E-state index < -0.39 is 10.8 Å². The maximum atomic E-state index is 11.9. The lowest BCUT2D eigenvalue weighted by molar-refractivity contribution is -0.123. The van der Waals surface area contributed by atoms with Gasteiger partial charge in [0.1, 0.15) is 0 Å². The van der Waals surface area contributed by atoms with Crippen LogP contribution in [-0.4, -0.2) is 28.2 Å². The Balaban J connectivity index is 2.22. The number of rotatable bonds is 6. The van der Waals surface area contributed by atoms with E-state index in [1.807, 2.05) is 6.92 Å². The maximum absolute atomic E-state index is 11.9. The Morgan fingerprint density at radius 2 is 1.94 bits per heavy atom. The van der Waals surface area contributed by atoms with E-state index in [4.69, 9.17) is 0 Å². The number of hydrogen-bond donors (Lipinski definition) is 1. The Labute approximate surface area is 114 Å². The molecule has 0 aliphatic heterocycles. The van der Waals surface area contributed by atoms with Gasteiger partial charge in [0, 0.05) is 35.3 Å². The van der Waals surface area contributed by atoms with Crippen molar-refractivity contribution in [3.05, 3.63) is 0 Å². The van der Waals surface area contributed by atoms with Crippen LogP contribution in [0.2, 0.25) is 0 Å². The molecule has 1 rings (SSSR count). The second kappa shape index (κ2) is 7.27. The molecule has 0 aromatic heterocycles. The van der Waals surface area contributed by atoms with E-state index in [1.165, 1.54) is 32.1 Å². The highest BCUT2D eigenvalue weighted by Gasteiger charge is 2.29. The van der Waals surface area contributed by atoms with Gasteiger partial charge in [-0.05, 0) is 24.7 Å². The second-order valence-corrected chi connectivity index (χ2v) is 7.80. The molecule has 2 unspecified atom stereocenters. The number of hydrogen-bond acceptors (Lipinski definition) is 2. The lowest BCUT2D eigenvalue weighted by Gasteiger charge is -2.32. The molecule has 1 fully saturated rings. The average molecular weight is 273 g/mol. The first-order valence-electron chi connectivity index (χ1n) is 7.02. The monoisotopic (exact) mass is 273 g/mol. The highest BCUT2D eigenvalue weighted by atomic mass is 32.2. The van der Waals surface area contributed by atoms with Crippen LogP contribution in [-0.2, 0) is 15.6 Å². The fourth-order valence-corrected chi connectivity index (χ4v) is 3.06. The zero-order valence-corrected chi connectivity index (χ0v) is 12.8. The smallest absolute Gasteiger partial charge is 0.220 e. The van der Waals surface area contributed by atoms with Crippen LogP contribution in [0.4, 0.5) is 0 Å². The van der Waals surface area contributed by atoms with Crippen molar-refractivity contribution < 1.29 is 9.00 Å². The van der Waals surface area contributed by atoms with Gasteiger partial charge in [-0.25, -0.2) is 0 Å². The normalized spacial score (nSPS) is 22.2. The lowest BCUT2D eigenvalue weighted by atomic mass is 9.73. The first-order valence-corrected chi connectivity index (χ1v) is 8.64. The van der Waals surface area contributed by atoms with Crippen LogP contribution in [0.1, 0.15) is 58.8 Å². The SMILES string of the molecule is CC(CCNC(=O)CC1(C)CCCCC1)S(C)=O.